The second-order valence-corrected chi connectivity index (χ2v) is 4.07. The summed E-state index contributed by atoms with van der Waals surface area (Å²) in [7, 11) is 0. The van der Waals surface area contributed by atoms with Crippen LogP contribution in [0.3, 0.4) is 0 Å². The van der Waals surface area contributed by atoms with Crippen molar-refractivity contribution in [2.24, 2.45) is 0 Å². The number of phenolic OH excluding ortho intramolecular Hbond substituents is 1. The van der Waals surface area contributed by atoms with E-state index in [0.29, 0.717) is 24.9 Å². The molecule has 0 aromatic heterocycles. The van der Waals surface area contributed by atoms with Gasteiger partial charge in [0.1, 0.15) is 5.75 Å². The van der Waals surface area contributed by atoms with Gasteiger partial charge >= 0.3 is 0 Å². The highest BCUT2D eigenvalue weighted by molar-refractivity contribution is 5.35. The molecule has 0 fully saturated rings. The summed E-state index contributed by atoms with van der Waals surface area (Å²) < 4.78 is 5.31. The van der Waals surface area contributed by atoms with E-state index in [0.717, 1.165) is 17.7 Å². The maximum absolute atomic E-state index is 9.65. The molecule has 2 N–H and O–H groups in total. The number of nitrogens with one attached hydrogen (secondary N) is 1. The highest BCUT2D eigenvalue weighted by Crippen LogP contribution is 2.17. The lowest BCUT2D eigenvalue weighted by molar-refractivity contribution is 0.127. The summed E-state index contributed by atoms with van der Waals surface area (Å²) >= 11 is 0. The molecule has 0 bridgehead atoms. The van der Waals surface area contributed by atoms with Crippen LogP contribution in [0, 0.1) is 6.92 Å². The fourth-order valence-corrected chi connectivity index (χ4v) is 1.49. The highest BCUT2D eigenvalue weighted by Gasteiger charge is 2.04. The van der Waals surface area contributed by atoms with Crippen molar-refractivity contribution in [1.82, 2.24) is 5.32 Å². The maximum Gasteiger partial charge on any atom is 0.120 e. The quantitative estimate of drug-likeness (QED) is 0.777. The number of hydrogen-bond donors (Lipinski definition) is 2. The molecule has 3 nitrogen and oxygen atoms in total. The van der Waals surface area contributed by atoms with E-state index in [4.69, 9.17) is 4.74 Å². The SMILES string of the molecule is CCOCC(C)NCc1cc(C)ccc1O. The Kier molecular flexibility index (Phi) is 5.29. The smallest absolute Gasteiger partial charge is 0.120 e. The van der Waals surface area contributed by atoms with Gasteiger partial charge in [0.2, 0.25) is 0 Å². The second-order valence-electron chi connectivity index (χ2n) is 4.07. The number of phenols is 1. The van der Waals surface area contributed by atoms with Crippen LogP contribution in [-0.4, -0.2) is 24.4 Å². The third-order valence-corrected chi connectivity index (χ3v) is 2.45. The van der Waals surface area contributed by atoms with Gasteiger partial charge in [-0.15, -0.1) is 0 Å². The van der Waals surface area contributed by atoms with Crippen LogP contribution < -0.4 is 5.32 Å². The molecular weight excluding hydrogens is 202 g/mol. The molecule has 1 aromatic rings. The van der Waals surface area contributed by atoms with Gasteiger partial charge in [0.05, 0.1) is 6.61 Å². The van der Waals surface area contributed by atoms with Gasteiger partial charge in [-0.25, -0.2) is 0 Å². The van der Waals surface area contributed by atoms with Gasteiger partial charge in [0.15, 0.2) is 0 Å². The van der Waals surface area contributed by atoms with Crippen LogP contribution in [0.2, 0.25) is 0 Å². The van der Waals surface area contributed by atoms with Gasteiger partial charge in [0, 0.05) is 24.8 Å². The van der Waals surface area contributed by atoms with Crippen molar-refractivity contribution in [2.75, 3.05) is 13.2 Å². The van der Waals surface area contributed by atoms with Gasteiger partial charge in [-0.2, -0.15) is 0 Å². The van der Waals surface area contributed by atoms with Crippen LogP contribution in [0.15, 0.2) is 18.2 Å². The molecule has 1 atom stereocenters. The average Bonchev–Trinajstić information content (AvgIpc) is 2.27. The molecule has 0 heterocycles. The molecule has 0 saturated carbocycles. The van der Waals surface area contributed by atoms with E-state index in [-0.39, 0.29) is 0 Å². The average molecular weight is 223 g/mol. The van der Waals surface area contributed by atoms with Gasteiger partial charge in [-0.05, 0) is 26.8 Å². The summed E-state index contributed by atoms with van der Waals surface area (Å²) in [5, 5.41) is 13.0. The van der Waals surface area contributed by atoms with Crippen molar-refractivity contribution in [3.63, 3.8) is 0 Å². The Morgan fingerprint density at radius 3 is 2.88 bits per heavy atom. The van der Waals surface area contributed by atoms with Crippen LogP contribution in [0.25, 0.3) is 0 Å². The molecule has 0 radical (unpaired) electrons. The first kappa shape index (κ1) is 13.0. The van der Waals surface area contributed by atoms with Crippen LogP contribution >= 0.6 is 0 Å². The van der Waals surface area contributed by atoms with Gasteiger partial charge in [-0.1, -0.05) is 17.7 Å². The van der Waals surface area contributed by atoms with E-state index in [1.54, 1.807) is 6.07 Å². The van der Waals surface area contributed by atoms with Crippen molar-refractivity contribution in [3.05, 3.63) is 29.3 Å². The summed E-state index contributed by atoms with van der Waals surface area (Å²) in [6, 6.07) is 5.93. The minimum Gasteiger partial charge on any atom is -0.508 e. The molecule has 1 unspecified atom stereocenters. The van der Waals surface area contributed by atoms with Crippen molar-refractivity contribution in [2.45, 2.75) is 33.4 Å². The molecule has 1 rings (SSSR count). The standard InChI is InChI=1S/C13H21NO2/c1-4-16-9-11(3)14-8-12-7-10(2)5-6-13(12)15/h5-7,11,14-15H,4,8-9H2,1-3H3. The molecule has 0 aliphatic carbocycles. The van der Waals surface area contributed by atoms with E-state index in [9.17, 15) is 5.11 Å². The fraction of sp³-hybridized carbons (Fsp3) is 0.538. The summed E-state index contributed by atoms with van der Waals surface area (Å²) in [6.07, 6.45) is 0. The minimum absolute atomic E-state index is 0.292. The zero-order valence-electron chi connectivity index (χ0n) is 10.3. The molecule has 0 amide bonds. The van der Waals surface area contributed by atoms with E-state index in [2.05, 4.69) is 12.2 Å². The summed E-state index contributed by atoms with van der Waals surface area (Å²) in [6.45, 7) is 8.18. The Bertz CT molecular complexity index is 326. The summed E-state index contributed by atoms with van der Waals surface area (Å²) in [4.78, 5) is 0. The first-order valence-corrected chi connectivity index (χ1v) is 5.73. The zero-order chi connectivity index (χ0) is 12.0. The van der Waals surface area contributed by atoms with Crippen LogP contribution in [0.4, 0.5) is 0 Å². The largest absolute Gasteiger partial charge is 0.508 e. The number of ether oxygens (including phenoxy) is 1. The first-order valence-electron chi connectivity index (χ1n) is 5.73. The lowest BCUT2D eigenvalue weighted by Gasteiger charge is -2.14. The van der Waals surface area contributed by atoms with Gasteiger partial charge < -0.3 is 15.2 Å². The second kappa shape index (κ2) is 6.51. The van der Waals surface area contributed by atoms with Gasteiger partial charge in [-0.3, -0.25) is 0 Å². The van der Waals surface area contributed by atoms with E-state index < -0.39 is 0 Å². The number of hydrogen-bond acceptors (Lipinski definition) is 3. The molecule has 0 aliphatic rings. The summed E-state index contributed by atoms with van der Waals surface area (Å²) in [5.41, 5.74) is 2.09. The van der Waals surface area contributed by atoms with E-state index in [1.807, 2.05) is 26.0 Å². The molecular formula is C13H21NO2. The molecule has 1 aromatic carbocycles. The first-order chi connectivity index (χ1) is 7.63. The fourth-order valence-electron chi connectivity index (χ4n) is 1.49. The molecule has 3 heteroatoms. The normalized spacial score (nSPS) is 12.7. The molecule has 0 aliphatic heterocycles. The van der Waals surface area contributed by atoms with Crippen LogP contribution in [0.1, 0.15) is 25.0 Å². The maximum atomic E-state index is 9.65. The van der Waals surface area contributed by atoms with Crippen molar-refractivity contribution >= 4 is 0 Å². The Morgan fingerprint density at radius 1 is 1.44 bits per heavy atom. The van der Waals surface area contributed by atoms with Crippen molar-refractivity contribution in [3.8, 4) is 5.75 Å². The van der Waals surface area contributed by atoms with Gasteiger partial charge in [0.25, 0.3) is 0 Å². The number of aromatic hydroxyl groups is 1. The van der Waals surface area contributed by atoms with Crippen LogP contribution in [0.5, 0.6) is 5.75 Å². The summed E-state index contributed by atoms with van der Waals surface area (Å²) in [5.74, 6) is 0.349. The lowest BCUT2D eigenvalue weighted by Crippen LogP contribution is -2.30. The number of benzene rings is 1. The number of rotatable bonds is 6. The Morgan fingerprint density at radius 2 is 2.19 bits per heavy atom. The van der Waals surface area contributed by atoms with Crippen molar-refractivity contribution < 1.29 is 9.84 Å². The topological polar surface area (TPSA) is 41.5 Å². The highest BCUT2D eigenvalue weighted by atomic mass is 16.5. The molecule has 0 spiro atoms. The monoisotopic (exact) mass is 223 g/mol. The van der Waals surface area contributed by atoms with Crippen LogP contribution in [-0.2, 0) is 11.3 Å². The predicted octanol–water partition coefficient (Wildman–Crippen LogP) is 2.22. The lowest BCUT2D eigenvalue weighted by atomic mass is 10.1. The third-order valence-electron chi connectivity index (χ3n) is 2.45. The van der Waals surface area contributed by atoms with E-state index >= 15 is 0 Å². The third kappa shape index (κ3) is 4.21. The number of aryl methyl sites for hydroxylation is 1. The minimum atomic E-state index is 0.292. The molecule has 0 saturated heterocycles. The van der Waals surface area contributed by atoms with E-state index in [1.165, 1.54) is 0 Å². The Balaban J connectivity index is 2.44. The zero-order valence-corrected chi connectivity index (χ0v) is 10.3. The molecule has 90 valence electrons. The molecule has 16 heavy (non-hydrogen) atoms. The Hall–Kier alpha value is -1.06. The predicted molar refractivity (Wildman–Crippen MR) is 65.6 cm³/mol. The van der Waals surface area contributed by atoms with Crippen molar-refractivity contribution in [1.29, 1.82) is 0 Å². The Labute approximate surface area is 97.4 Å².